The van der Waals surface area contributed by atoms with Crippen LogP contribution in [-0.4, -0.2) is 11.5 Å². The highest BCUT2D eigenvalue weighted by Crippen LogP contribution is 2.32. The molecule has 1 aromatic carbocycles. The molecule has 0 aliphatic rings. The molecule has 0 atom stereocenters. The summed E-state index contributed by atoms with van der Waals surface area (Å²) in [6.45, 7) is 3.79. The van der Waals surface area contributed by atoms with Gasteiger partial charge in [-0.1, -0.05) is 30.1 Å². The van der Waals surface area contributed by atoms with Crippen molar-refractivity contribution in [3.63, 3.8) is 0 Å². The maximum atomic E-state index is 6.14. The van der Waals surface area contributed by atoms with Crippen LogP contribution < -0.4 is 5.32 Å². The van der Waals surface area contributed by atoms with Crippen LogP contribution in [0.3, 0.4) is 0 Å². The van der Waals surface area contributed by atoms with Crippen molar-refractivity contribution in [2.45, 2.75) is 13.5 Å². The summed E-state index contributed by atoms with van der Waals surface area (Å²) in [7, 11) is 0. The highest BCUT2D eigenvalue weighted by Gasteiger charge is 2.09. The molecular weight excluding hydrogens is 275 g/mol. The molecule has 0 aliphatic carbocycles. The second-order valence-electron chi connectivity index (χ2n) is 3.55. The van der Waals surface area contributed by atoms with E-state index in [2.05, 4.69) is 17.2 Å². The van der Waals surface area contributed by atoms with Crippen molar-refractivity contribution in [3.8, 4) is 10.6 Å². The monoisotopic (exact) mass is 286 g/mol. The Kier molecular flexibility index (Phi) is 4.40. The molecule has 1 aromatic heterocycles. The summed E-state index contributed by atoms with van der Waals surface area (Å²) in [4.78, 5) is 4.53. The van der Waals surface area contributed by atoms with Gasteiger partial charge in [0, 0.05) is 22.5 Å². The van der Waals surface area contributed by atoms with Gasteiger partial charge in [-0.05, 0) is 24.7 Å². The molecule has 2 nitrogen and oxygen atoms in total. The number of aromatic nitrogens is 1. The predicted octanol–water partition coefficient (Wildman–Crippen LogP) is 4.23. The molecule has 0 radical (unpaired) electrons. The SMILES string of the molecule is CCNCc1csc(-c2cc(Cl)ccc2Cl)n1. The van der Waals surface area contributed by atoms with Crippen LogP contribution in [0.1, 0.15) is 12.6 Å². The summed E-state index contributed by atoms with van der Waals surface area (Å²) in [6, 6.07) is 5.42. The van der Waals surface area contributed by atoms with Crippen LogP contribution in [0.15, 0.2) is 23.6 Å². The van der Waals surface area contributed by atoms with E-state index in [1.807, 2.05) is 11.4 Å². The van der Waals surface area contributed by atoms with E-state index >= 15 is 0 Å². The van der Waals surface area contributed by atoms with Gasteiger partial charge in [-0.2, -0.15) is 0 Å². The fraction of sp³-hybridized carbons (Fsp3) is 0.250. The van der Waals surface area contributed by atoms with Gasteiger partial charge in [-0.25, -0.2) is 4.98 Å². The molecule has 0 spiro atoms. The van der Waals surface area contributed by atoms with Crippen molar-refractivity contribution in [3.05, 3.63) is 39.3 Å². The summed E-state index contributed by atoms with van der Waals surface area (Å²) in [5.74, 6) is 0. The quantitative estimate of drug-likeness (QED) is 0.910. The number of hydrogen-bond acceptors (Lipinski definition) is 3. The molecule has 5 heteroatoms. The zero-order chi connectivity index (χ0) is 12.3. The third-order valence-corrected chi connectivity index (χ3v) is 3.76. The van der Waals surface area contributed by atoms with E-state index in [1.165, 1.54) is 0 Å². The Morgan fingerprint density at radius 3 is 2.94 bits per heavy atom. The molecule has 0 aliphatic heterocycles. The lowest BCUT2D eigenvalue weighted by Gasteiger charge is -2.01. The van der Waals surface area contributed by atoms with E-state index in [-0.39, 0.29) is 0 Å². The van der Waals surface area contributed by atoms with Gasteiger partial charge in [0.1, 0.15) is 5.01 Å². The van der Waals surface area contributed by atoms with Crippen LogP contribution in [0.25, 0.3) is 10.6 Å². The zero-order valence-corrected chi connectivity index (χ0v) is 11.7. The summed E-state index contributed by atoms with van der Waals surface area (Å²) in [6.07, 6.45) is 0. The van der Waals surface area contributed by atoms with Crippen LogP contribution in [0.4, 0.5) is 0 Å². The summed E-state index contributed by atoms with van der Waals surface area (Å²) >= 11 is 13.7. The third kappa shape index (κ3) is 3.19. The topological polar surface area (TPSA) is 24.9 Å². The Labute approximate surface area is 115 Å². The number of nitrogens with one attached hydrogen (secondary N) is 1. The largest absolute Gasteiger partial charge is 0.311 e. The van der Waals surface area contributed by atoms with Gasteiger partial charge in [0.05, 0.1) is 10.7 Å². The Morgan fingerprint density at radius 2 is 2.18 bits per heavy atom. The van der Waals surface area contributed by atoms with Gasteiger partial charge in [0.25, 0.3) is 0 Å². The van der Waals surface area contributed by atoms with E-state index in [4.69, 9.17) is 23.2 Å². The number of hydrogen-bond donors (Lipinski definition) is 1. The minimum Gasteiger partial charge on any atom is -0.311 e. The van der Waals surface area contributed by atoms with Gasteiger partial charge in [-0.15, -0.1) is 11.3 Å². The number of halogens is 2. The summed E-state index contributed by atoms with van der Waals surface area (Å²) in [5.41, 5.74) is 1.93. The van der Waals surface area contributed by atoms with E-state index in [9.17, 15) is 0 Å². The average molecular weight is 287 g/mol. The molecule has 2 rings (SSSR count). The van der Waals surface area contributed by atoms with Gasteiger partial charge < -0.3 is 5.32 Å². The van der Waals surface area contributed by atoms with Crippen molar-refractivity contribution in [1.82, 2.24) is 10.3 Å². The van der Waals surface area contributed by atoms with E-state index < -0.39 is 0 Å². The second kappa shape index (κ2) is 5.83. The minimum absolute atomic E-state index is 0.674. The minimum atomic E-state index is 0.674. The maximum absolute atomic E-state index is 6.14. The highest BCUT2D eigenvalue weighted by atomic mass is 35.5. The fourth-order valence-electron chi connectivity index (χ4n) is 1.43. The molecule has 17 heavy (non-hydrogen) atoms. The maximum Gasteiger partial charge on any atom is 0.125 e. The Bertz CT molecular complexity index is 511. The molecular formula is C12H12Cl2N2S. The smallest absolute Gasteiger partial charge is 0.125 e. The first-order valence-corrected chi connectivity index (χ1v) is 6.95. The molecule has 0 fully saturated rings. The van der Waals surface area contributed by atoms with Gasteiger partial charge in [0.2, 0.25) is 0 Å². The summed E-state index contributed by atoms with van der Waals surface area (Å²) in [5, 5.41) is 7.54. The molecule has 90 valence electrons. The van der Waals surface area contributed by atoms with E-state index in [0.29, 0.717) is 10.0 Å². The van der Waals surface area contributed by atoms with Crippen molar-refractivity contribution >= 4 is 34.5 Å². The summed E-state index contributed by atoms with van der Waals surface area (Å²) < 4.78 is 0. The fourth-order valence-corrected chi connectivity index (χ4v) is 2.71. The molecule has 0 unspecified atom stereocenters. The number of rotatable bonds is 4. The second-order valence-corrected chi connectivity index (χ2v) is 5.25. The van der Waals surface area contributed by atoms with Gasteiger partial charge >= 0.3 is 0 Å². The highest BCUT2D eigenvalue weighted by molar-refractivity contribution is 7.13. The number of nitrogens with zero attached hydrogens (tertiary/aromatic N) is 1. The number of thiazole rings is 1. The Hall–Kier alpha value is -0.610. The van der Waals surface area contributed by atoms with E-state index in [0.717, 1.165) is 29.4 Å². The Morgan fingerprint density at radius 1 is 1.35 bits per heavy atom. The van der Waals surface area contributed by atoms with Crippen LogP contribution in [0.2, 0.25) is 10.0 Å². The molecule has 0 saturated heterocycles. The Balaban J connectivity index is 2.27. The van der Waals surface area contributed by atoms with Crippen molar-refractivity contribution in [2.24, 2.45) is 0 Å². The first-order chi connectivity index (χ1) is 8.20. The third-order valence-electron chi connectivity index (χ3n) is 2.27. The predicted molar refractivity (Wildman–Crippen MR) is 75.0 cm³/mol. The number of benzene rings is 1. The lowest BCUT2D eigenvalue weighted by molar-refractivity contribution is 0.715. The molecule has 0 saturated carbocycles. The zero-order valence-electron chi connectivity index (χ0n) is 9.34. The molecule has 1 N–H and O–H groups in total. The van der Waals surface area contributed by atoms with Crippen LogP contribution in [-0.2, 0) is 6.54 Å². The van der Waals surface area contributed by atoms with Gasteiger partial charge in [-0.3, -0.25) is 0 Å². The van der Waals surface area contributed by atoms with Crippen molar-refractivity contribution in [2.75, 3.05) is 6.54 Å². The first-order valence-electron chi connectivity index (χ1n) is 5.31. The lowest BCUT2D eigenvalue weighted by Crippen LogP contribution is -2.11. The standard InChI is InChI=1S/C12H12Cl2N2S/c1-2-15-6-9-7-17-12(16-9)10-5-8(13)3-4-11(10)14/h3-5,7,15H,2,6H2,1H3. The molecule has 2 aromatic rings. The molecule has 0 bridgehead atoms. The van der Waals surface area contributed by atoms with Gasteiger partial charge in [0.15, 0.2) is 0 Å². The molecule has 0 amide bonds. The van der Waals surface area contributed by atoms with Crippen molar-refractivity contribution in [1.29, 1.82) is 0 Å². The molecule has 1 heterocycles. The van der Waals surface area contributed by atoms with Crippen molar-refractivity contribution < 1.29 is 0 Å². The first kappa shape index (κ1) is 12.8. The van der Waals surface area contributed by atoms with E-state index in [1.54, 1.807) is 23.5 Å². The lowest BCUT2D eigenvalue weighted by atomic mass is 10.2. The van der Waals surface area contributed by atoms with Crippen LogP contribution in [0, 0.1) is 0 Å². The van der Waals surface area contributed by atoms with Crippen LogP contribution >= 0.6 is 34.5 Å². The normalized spacial score (nSPS) is 10.8. The van der Waals surface area contributed by atoms with Crippen LogP contribution in [0.5, 0.6) is 0 Å². The average Bonchev–Trinajstić information content (AvgIpc) is 2.78.